The Morgan fingerprint density at radius 2 is 1.35 bits per heavy atom. The summed E-state index contributed by atoms with van der Waals surface area (Å²) in [5.74, 6) is -6.77. The van der Waals surface area contributed by atoms with E-state index in [-0.39, 0.29) is 26.9 Å². The van der Waals surface area contributed by atoms with Crippen LogP contribution in [0.4, 0.5) is 5.69 Å². The molecule has 3 amide bonds. The van der Waals surface area contributed by atoms with Crippen molar-refractivity contribution in [3.05, 3.63) is 85.9 Å². The highest BCUT2D eigenvalue weighted by molar-refractivity contribution is 6.66. The molecule has 2 aromatic carbocycles. The van der Waals surface area contributed by atoms with E-state index in [1.807, 2.05) is 0 Å². The summed E-state index contributed by atoms with van der Waals surface area (Å²) in [6.07, 6.45) is 0. The highest BCUT2D eigenvalue weighted by atomic mass is 35.5. The fraction of sp³-hybridized carbons (Fsp3) is 0.280. The first-order valence-corrected chi connectivity index (χ1v) is 13.8. The molecule has 0 spiro atoms. The van der Waals surface area contributed by atoms with Crippen LogP contribution in [0.15, 0.2) is 64.7 Å². The second kappa shape index (κ2) is 9.58. The Hall–Kier alpha value is -2.40. The third-order valence-corrected chi connectivity index (χ3v) is 11.7. The van der Waals surface area contributed by atoms with Crippen LogP contribution >= 0.6 is 69.6 Å². The lowest BCUT2D eigenvalue weighted by Crippen LogP contribution is -2.59. The zero-order valence-corrected chi connectivity index (χ0v) is 24.5. The maximum absolute atomic E-state index is 14.0. The number of ketones is 1. The lowest BCUT2D eigenvalue weighted by Gasteiger charge is -2.38. The number of nitro groups is 1. The summed E-state index contributed by atoms with van der Waals surface area (Å²) in [5, 5.41) is 11.6. The van der Waals surface area contributed by atoms with E-state index < -0.39 is 60.4 Å². The topological polar surface area (TPSA) is 118 Å². The summed E-state index contributed by atoms with van der Waals surface area (Å²) >= 11 is 39.4. The minimum absolute atomic E-state index is 0.154. The molecule has 2 bridgehead atoms. The quantitative estimate of drug-likeness (QED) is 0.129. The predicted molar refractivity (Wildman–Crippen MR) is 149 cm³/mol. The number of hydrogen-bond acceptors (Lipinski definition) is 6. The smallest absolute Gasteiger partial charge is 0.273 e. The number of nitrogens with zero attached hydrogens (tertiary/aromatic N) is 3. The van der Waals surface area contributed by atoms with Gasteiger partial charge >= 0.3 is 0 Å². The average Bonchev–Trinajstić information content (AvgIpc) is 3.32. The molecule has 5 atom stereocenters. The molecule has 2 aliphatic carbocycles. The van der Waals surface area contributed by atoms with Crippen LogP contribution in [-0.2, 0) is 9.59 Å². The number of non-ortho nitro benzene ring substituents is 1. The Morgan fingerprint density at radius 1 is 0.875 bits per heavy atom. The first kappa shape index (κ1) is 29.1. The van der Waals surface area contributed by atoms with E-state index in [4.69, 9.17) is 69.6 Å². The van der Waals surface area contributed by atoms with Crippen LogP contribution in [0.2, 0.25) is 0 Å². The van der Waals surface area contributed by atoms with E-state index in [1.54, 1.807) is 18.2 Å². The average molecular weight is 666 g/mol. The number of amides is 3. The Kier molecular flexibility index (Phi) is 6.97. The van der Waals surface area contributed by atoms with Gasteiger partial charge in [-0.2, -0.15) is 5.01 Å². The van der Waals surface area contributed by atoms with Crippen molar-refractivity contribution in [2.75, 3.05) is 0 Å². The van der Waals surface area contributed by atoms with Crippen LogP contribution in [0.3, 0.4) is 0 Å². The minimum Gasteiger partial charge on any atom is -0.292 e. The van der Waals surface area contributed by atoms with E-state index in [0.29, 0.717) is 10.0 Å². The van der Waals surface area contributed by atoms with Crippen LogP contribution in [0.1, 0.15) is 27.6 Å². The number of carbonyl (C=O) groups excluding carboxylic acids is 4. The molecule has 0 radical (unpaired) electrons. The molecule has 9 nitrogen and oxygen atoms in total. The third kappa shape index (κ3) is 3.55. The third-order valence-electron chi connectivity index (χ3n) is 7.44. The summed E-state index contributed by atoms with van der Waals surface area (Å²) < 4.78 is -2.19. The van der Waals surface area contributed by atoms with Crippen LogP contribution in [0.25, 0.3) is 0 Å². The number of fused-ring (bicyclic) bond motifs is 5. The van der Waals surface area contributed by atoms with Gasteiger partial charge in [-0.05, 0) is 19.1 Å². The van der Waals surface area contributed by atoms with Gasteiger partial charge in [-0.25, -0.2) is 5.01 Å². The Labute approximate surface area is 256 Å². The van der Waals surface area contributed by atoms with Gasteiger partial charge in [0.25, 0.3) is 23.4 Å². The Morgan fingerprint density at radius 3 is 1.80 bits per heavy atom. The first-order chi connectivity index (χ1) is 18.6. The summed E-state index contributed by atoms with van der Waals surface area (Å²) in [7, 11) is 0. The van der Waals surface area contributed by atoms with Crippen LogP contribution in [0, 0.1) is 22.0 Å². The second-order valence-corrected chi connectivity index (χ2v) is 12.7. The summed E-state index contributed by atoms with van der Waals surface area (Å²) in [5.41, 5.74) is -0.273. The molecule has 1 aliphatic heterocycles. The zero-order valence-electron chi connectivity index (χ0n) is 20.0. The molecule has 1 saturated carbocycles. The zero-order chi connectivity index (χ0) is 29.5. The van der Waals surface area contributed by atoms with Crippen molar-refractivity contribution < 1.29 is 24.1 Å². The van der Waals surface area contributed by atoms with Gasteiger partial charge in [-0.15, -0.1) is 23.2 Å². The first-order valence-electron chi connectivity index (χ1n) is 11.5. The highest BCUT2D eigenvalue weighted by Crippen LogP contribution is 2.77. The minimum atomic E-state index is -2.19. The largest absolute Gasteiger partial charge is 0.292 e. The molecule has 1 heterocycles. The second-order valence-electron chi connectivity index (χ2n) is 9.43. The number of benzene rings is 2. The van der Waals surface area contributed by atoms with Crippen molar-refractivity contribution in [3.63, 3.8) is 0 Å². The summed E-state index contributed by atoms with van der Waals surface area (Å²) in [6, 6.07) is 10.8. The lowest BCUT2D eigenvalue weighted by molar-refractivity contribution is -0.384. The van der Waals surface area contributed by atoms with E-state index >= 15 is 0 Å². The molecule has 2 fully saturated rings. The van der Waals surface area contributed by atoms with Gasteiger partial charge in [0.15, 0.2) is 10.1 Å². The molecule has 3 aliphatic rings. The van der Waals surface area contributed by atoms with E-state index in [9.17, 15) is 29.3 Å². The Balaban J connectivity index is 1.63. The molecule has 0 unspecified atom stereocenters. The monoisotopic (exact) mass is 663 g/mol. The lowest BCUT2D eigenvalue weighted by atomic mass is 9.84. The van der Waals surface area contributed by atoms with Gasteiger partial charge in [0, 0.05) is 23.3 Å². The van der Waals surface area contributed by atoms with Crippen molar-refractivity contribution in [2.24, 2.45) is 11.8 Å². The number of imide groups is 1. The fourth-order valence-corrected chi connectivity index (χ4v) is 8.37. The van der Waals surface area contributed by atoms with Crippen LogP contribution in [0.5, 0.6) is 0 Å². The van der Waals surface area contributed by atoms with Gasteiger partial charge in [0.2, 0.25) is 0 Å². The number of hydrazine groups is 1. The number of rotatable bonds is 6. The van der Waals surface area contributed by atoms with Gasteiger partial charge in [-0.1, -0.05) is 76.7 Å². The number of nitro benzene ring substituents is 1. The number of allylic oxidation sites excluding steroid dienone is 2. The molecule has 0 aromatic heterocycles. The maximum Gasteiger partial charge on any atom is 0.273 e. The van der Waals surface area contributed by atoms with Crippen molar-refractivity contribution in [1.82, 2.24) is 10.0 Å². The number of halogens is 6. The van der Waals surface area contributed by atoms with E-state index in [1.165, 1.54) is 19.1 Å². The molecule has 0 N–H and O–H groups in total. The highest BCUT2D eigenvalue weighted by Gasteiger charge is 2.88. The van der Waals surface area contributed by atoms with E-state index in [0.717, 1.165) is 24.3 Å². The Bertz CT molecular complexity index is 1490. The molecular formula is C25H15Cl6N3O6. The van der Waals surface area contributed by atoms with Crippen molar-refractivity contribution in [1.29, 1.82) is 0 Å². The molecule has 2 aromatic rings. The number of Topliss-reactive ketones (excluding diaryl/α,β-unsaturated/α-hetero) is 1. The molecule has 40 heavy (non-hydrogen) atoms. The maximum atomic E-state index is 14.0. The summed E-state index contributed by atoms with van der Waals surface area (Å²) in [4.78, 5) is 61.5. The molecule has 208 valence electrons. The van der Waals surface area contributed by atoms with Crippen molar-refractivity contribution >= 4 is 98.8 Å². The number of alkyl halides is 4. The van der Waals surface area contributed by atoms with Gasteiger partial charge in [0.05, 0.1) is 26.8 Å². The van der Waals surface area contributed by atoms with Gasteiger partial charge in [-0.3, -0.25) is 29.3 Å². The van der Waals surface area contributed by atoms with Crippen molar-refractivity contribution in [2.45, 2.75) is 27.0 Å². The van der Waals surface area contributed by atoms with Crippen molar-refractivity contribution in [3.8, 4) is 0 Å². The number of carbonyl (C=O) groups is 4. The summed E-state index contributed by atoms with van der Waals surface area (Å²) in [6.45, 7) is 1.32. The normalized spacial score (nSPS) is 29.0. The standard InChI is InChI=1S/C25H15Cl6N3O6/c1-11(17(35)12-5-3-2-4-6-12)32(20(36)13-7-9-14(10-8-13)34(39)40)33-21(37)15-16(22(33)38)24(29)19(27)18(26)23(15,28)25(24,30)31/h2-11,15-16H,1H3/t11-,15-,16-,23-,24-/m1/s1. The van der Waals surface area contributed by atoms with Crippen LogP contribution < -0.4 is 0 Å². The number of hydrogen-bond donors (Lipinski definition) is 0. The molecular weight excluding hydrogens is 651 g/mol. The van der Waals surface area contributed by atoms with Crippen LogP contribution in [-0.4, -0.2) is 58.6 Å². The SMILES string of the molecule is C[C@H](C(=O)c1ccccc1)N(C(=O)c1ccc([N+](=O)[O-])cc1)N1C(=O)[C@H]2[C@H](C1=O)[C@@]1(Cl)C(Cl)=C(Cl)[C@@]2(Cl)C1(Cl)Cl. The predicted octanol–water partition coefficient (Wildman–Crippen LogP) is 5.67. The fourth-order valence-electron chi connectivity index (χ4n) is 5.45. The molecule has 1 saturated heterocycles. The molecule has 15 heteroatoms. The van der Waals surface area contributed by atoms with E-state index in [2.05, 4.69) is 0 Å². The van der Waals surface area contributed by atoms with Gasteiger partial charge in [0.1, 0.15) is 15.8 Å². The van der Waals surface area contributed by atoms with Gasteiger partial charge < -0.3 is 0 Å². The molecule has 5 rings (SSSR count).